The number of nitrogens with zero attached hydrogens (tertiary/aromatic N) is 1. The van der Waals surface area contributed by atoms with Crippen molar-refractivity contribution in [1.29, 1.82) is 0 Å². The molecule has 0 atom stereocenters. The zero-order chi connectivity index (χ0) is 12.7. The van der Waals surface area contributed by atoms with E-state index in [-0.39, 0.29) is 11.5 Å². The molecule has 86 valence electrons. The number of terminal acetylenes is 1. The smallest absolute Gasteiger partial charge is 0.260 e. The minimum atomic E-state index is -0.253. The number of nitrogens with two attached hydrogens (primary N) is 1. The molecule has 0 spiro atoms. The number of aromatic nitrogens is 2. The number of hydrogen-bond donors (Lipinski definition) is 2. The van der Waals surface area contributed by atoms with E-state index in [9.17, 15) is 4.79 Å². The lowest BCUT2D eigenvalue weighted by Crippen LogP contribution is -2.11. The minimum Gasteiger partial charge on any atom is -0.369 e. The molecule has 0 unspecified atom stereocenters. The van der Waals surface area contributed by atoms with E-state index >= 15 is 0 Å². The van der Waals surface area contributed by atoms with Crippen molar-refractivity contribution in [3.05, 3.63) is 46.2 Å². The summed E-state index contributed by atoms with van der Waals surface area (Å²) in [5.41, 5.74) is 6.57. The van der Waals surface area contributed by atoms with Gasteiger partial charge in [-0.1, -0.05) is 18.1 Å². The molecule has 3 rings (SSSR count). The van der Waals surface area contributed by atoms with Crippen molar-refractivity contribution in [2.75, 3.05) is 5.73 Å². The normalized spacial score (nSPS) is 10.6. The standard InChI is InChI=1S/C14H9N3O/c1-2-8-3-4-9-5-6-11-12(10(9)7-8)13(18)17-14(15)16-11/h1,3-7H,(H3,15,16,17,18). The molecule has 4 nitrogen and oxygen atoms in total. The zero-order valence-electron chi connectivity index (χ0n) is 9.40. The lowest BCUT2D eigenvalue weighted by molar-refractivity contribution is 1.19. The van der Waals surface area contributed by atoms with Gasteiger partial charge in [-0.3, -0.25) is 9.78 Å². The lowest BCUT2D eigenvalue weighted by Gasteiger charge is -2.04. The molecule has 0 aliphatic carbocycles. The predicted octanol–water partition coefficient (Wildman–Crippen LogP) is 1.64. The van der Waals surface area contributed by atoms with Crippen molar-refractivity contribution in [3.63, 3.8) is 0 Å². The van der Waals surface area contributed by atoms with Crippen LogP contribution in [0.3, 0.4) is 0 Å². The van der Waals surface area contributed by atoms with E-state index in [4.69, 9.17) is 12.2 Å². The van der Waals surface area contributed by atoms with Gasteiger partial charge < -0.3 is 5.73 Å². The largest absolute Gasteiger partial charge is 0.369 e. The highest BCUT2D eigenvalue weighted by Gasteiger charge is 2.07. The molecule has 0 bridgehead atoms. The predicted molar refractivity (Wildman–Crippen MR) is 72.2 cm³/mol. The van der Waals surface area contributed by atoms with E-state index < -0.39 is 0 Å². The Morgan fingerprint density at radius 2 is 2.06 bits per heavy atom. The minimum absolute atomic E-state index is 0.111. The van der Waals surface area contributed by atoms with Crippen molar-refractivity contribution in [2.45, 2.75) is 0 Å². The van der Waals surface area contributed by atoms with E-state index in [0.717, 1.165) is 16.3 Å². The summed E-state index contributed by atoms with van der Waals surface area (Å²) in [6, 6.07) is 9.21. The van der Waals surface area contributed by atoms with E-state index in [1.807, 2.05) is 24.3 Å². The number of fused-ring (bicyclic) bond motifs is 3. The number of aromatic amines is 1. The lowest BCUT2D eigenvalue weighted by atomic mass is 10.0. The fraction of sp³-hybridized carbons (Fsp3) is 0. The van der Waals surface area contributed by atoms with Crippen molar-refractivity contribution in [1.82, 2.24) is 9.97 Å². The first-order chi connectivity index (χ1) is 8.69. The maximum Gasteiger partial charge on any atom is 0.260 e. The number of benzene rings is 2. The molecular formula is C14H9N3O. The molecule has 18 heavy (non-hydrogen) atoms. The molecule has 4 heteroatoms. The summed E-state index contributed by atoms with van der Waals surface area (Å²) in [5, 5.41) is 2.24. The SMILES string of the molecule is C#Cc1ccc2ccc3nc(N)[nH]c(=O)c3c2c1. The fourth-order valence-corrected chi connectivity index (χ4v) is 2.07. The van der Waals surface area contributed by atoms with Gasteiger partial charge in [0.05, 0.1) is 10.9 Å². The van der Waals surface area contributed by atoms with Crippen molar-refractivity contribution >= 4 is 27.6 Å². The van der Waals surface area contributed by atoms with Gasteiger partial charge in [0, 0.05) is 5.56 Å². The second kappa shape index (κ2) is 3.60. The van der Waals surface area contributed by atoms with E-state index in [1.54, 1.807) is 6.07 Å². The van der Waals surface area contributed by atoms with Crippen LogP contribution >= 0.6 is 0 Å². The van der Waals surface area contributed by atoms with Crippen LogP contribution in [0.1, 0.15) is 5.56 Å². The molecule has 0 saturated heterocycles. The first kappa shape index (κ1) is 10.4. The van der Waals surface area contributed by atoms with Crippen LogP contribution in [0.15, 0.2) is 35.1 Å². The van der Waals surface area contributed by atoms with Gasteiger partial charge in [-0.15, -0.1) is 6.42 Å². The van der Waals surface area contributed by atoms with Crippen molar-refractivity contribution in [3.8, 4) is 12.3 Å². The summed E-state index contributed by atoms with van der Waals surface area (Å²) in [5.74, 6) is 2.67. The first-order valence-electron chi connectivity index (χ1n) is 5.38. The van der Waals surface area contributed by atoms with Crippen molar-refractivity contribution in [2.24, 2.45) is 0 Å². The summed E-state index contributed by atoms with van der Waals surface area (Å²) in [6.45, 7) is 0. The molecule has 0 fully saturated rings. The van der Waals surface area contributed by atoms with Crippen molar-refractivity contribution < 1.29 is 0 Å². The third kappa shape index (κ3) is 1.42. The van der Waals surface area contributed by atoms with Gasteiger partial charge in [-0.25, -0.2) is 4.98 Å². The highest BCUT2D eigenvalue weighted by Crippen LogP contribution is 2.22. The van der Waals surface area contributed by atoms with Crippen LogP contribution in [0.25, 0.3) is 21.7 Å². The molecule has 0 aliphatic heterocycles. The summed E-state index contributed by atoms with van der Waals surface area (Å²) in [6.07, 6.45) is 5.38. The Balaban J connectivity index is 2.60. The molecule has 3 aromatic rings. The van der Waals surface area contributed by atoms with Gasteiger partial charge in [0.1, 0.15) is 0 Å². The van der Waals surface area contributed by atoms with Gasteiger partial charge in [0.25, 0.3) is 5.56 Å². The third-order valence-electron chi connectivity index (χ3n) is 2.88. The van der Waals surface area contributed by atoms with Gasteiger partial charge in [0.2, 0.25) is 5.95 Å². The topological polar surface area (TPSA) is 71.8 Å². The fourth-order valence-electron chi connectivity index (χ4n) is 2.07. The van der Waals surface area contributed by atoms with E-state index in [0.29, 0.717) is 10.9 Å². The summed E-state index contributed by atoms with van der Waals surface area (Å²) < 4.78 is 0. The number of H-pyrrole nitrogens is 1. The van der Waals surface area contributed by atoms with E-state index in [1.165, 1.54) is 0 Å². The number of nitrogens with one attached hydrogen (secondary N) is 1. The molecule has 0 radical (unpaired) electrons. The number of anilines is 1. The number of rotatable bonds is 0. The Labute approximate surface area is 102 Å². The maximum absolute atomic E-state index is 12.0. The van der Waals surface area contributed by atoms with Gasteiger partial charge >= 0.3 is 0 Å². The zero-order valence-corrected chi connectivity index (χ0v) is 9.40. The molecule has 0 amide bonds. The summed E-state index contributed by atoms with van der Waals surface area (Å²) >= 11 is 0. The quantitative estimate of drug-likeness (QED) is 0.459. The highest BCUT2D eigenvalue weighted by molar-refractivity contribution is 6.06. The average molecular weight is 235 g/mol. The second-order valence-electron chi connectivity index (χ2n) is 3.99. The van der Waals surface area contributed by atoms with Crippen LogP contribution in [0.5, 0.6) is 0 Å². The molecule has 0 aliphatic rings. The van der Waals surface area contributed by atoms with Crippen LogP contribution in [0.2, 0.25) is 0 Å². The van der Waals surface area contributed by atoms with Crippen LogP contribution in [0.4, 0.5) is 5.95 Å². The van der Waals surface area contributed by atoms with Gasteiger partial charge in [-0.05, 0) is 29.0 Å². The third-order valence-corrected chi connectivity index (χ3v) is 2.88. The Hall–Kier alpha value is -2.80. The van der Waals surface area contributed by atoms with Crippen LogP contribution in [-0.4, -0.2) is 9.97 Å². The molecule has 0 saturated carbocycles. The first-order valence-corrected chi connectivity index (χ1v) is 5.38. The molecule has 2 aromatic carbocycles. The Morgan fingerprint density at radius 3 is 2.83 bits per heavy atom. The van der Waals surface area contributed by atoms with Crippen LogP contribution < -0.4 is 11.3 Å². The molecule has 1 heterocycles. The van der Waals surface area contributed by atoms with Gasteiger partial charge in [-0.2, -0.15) is 0 Å². The van der Waals surface area contributed by atoms with Crippen LogP contribution in [0, 0.1) is 12.3 Å². The highest BCUT2D eigenvalue weighted by atomic mass is 16.1. The Morgan fingerprint density at radius 1 is 1.28 bits per heavy atom. The Kier molecular flexibility index (Phi) is 2.07. The molecule has 3 N–H and O–H groups in total. The summed E-state index contributed by atoms with van der Waals surface area (Å²) in [7, 11) is 0. The maximum atomic E-state index is 12.0. The molecule has 1 aromatic heterocycles. The molecular weight excluding hydrogens is 226 g/mol. The van der Waals surface area contributed by atoms with Crippen LogP contribution in [-0.2, 0) is 0 Å². The summed E-state index contributed by atoms with van der Waals surface area (Å²) in [4.78, 5) is 18.6. The average Bonchev–Trinajstić information content (AvgIpc) is 2.36. The monoisotopic (exact) mass is 235 g/mol. The van der Waals surface area contributed by atoms with Gasteiger partial charge in [0.15, 0.2) is 0 Å². The Bertz CT molecular complexity index is 872. The van der Waals surface area contributed by atoms with E-state index in [2.05, 4.69) is 15.9 Å². The number of nitrogen functional groups attached to an aromatic ring is 1. The number of hydrogen-bond acceptors (Lipinski definition) is 3. The second-order valence-corrected chi connectivity index (χ2v) is 3.99.